The minimum Gasteiger partial charge on any atom is -0.326 e. The van der Waals surface area contributed by atoms with Gasteiger partial charge in [-0.05, 0) is 17.7 Å². The van der Waals surface area contributed by atoms with Gasteiger partial charge in [0.15, 0.2) is 0 Å². The zero-order chi connectivity index (χ0) is 12.1. The van der Waals surface area contributed by atoms with Crippen molar-refractivity contribution >= 4 is 24.0 Å². The van der Waals surface area contributed by atoms with Crippen LogP contribution in [0.25, 0.3) is 0 Å². The number of carbonyl (C=O) groups is 1. The molecular formula is C11H15ClF2N2O. The van der Waals surface area contributed by atoms with E-state index in [9.17, 15) is 13.6 Å². The standard InChI is InChI=1S/C11H14F2N2O.ClH/c1-7(16)15-9-4-2-8(3-5-9)10(14)6-11(12)13;/h2-5,10-11H,6,14H2,1H3,(H,15,16);1H/t10-;/m0./s1. The van der Waals surface area contributed by atoms with E-state index >= 15 is 0 Å². The molecule has 0 aliphatic heterocycles. The molecule has 1 aromatic rings. The lowest BCUT2D eigenvalue weighted by Crippen LogP contribution is -2.14. The van der Waals surface area contributed by atoms with Crippen LogP contribution >= 0.6 is 12.4 Å². The van der Waals surface area contributed by atoms with Crippen LogP contribution in [0.5, 0.6) is 0 Å². The highest BCUT2D eigenvalue weighted by Crippen LogP contribution is 2.19. The first kappa shape index (κ1) is 15.8. The smallest absolute Gasteiger partial charge is 0.240 e. The van der Waals surface area contributed by atoms with Gasteiger partial charge in [0.05, 0.1) is 0 Å². The largest absolute Gasteiger partial charge is 0.326 e. The van der Waals surface area contributed by atoms with E-state index in [0.717, 1.165) is 0 Å². The Balaban J connectivity index is 0.00000256. The monoisotopic (exact) mass is 264 g/mol. The minimum absolute atomic E-state index is 0. The SMILES string of the molecule is CC(=O)Nc1ccc([C@@H](N)CC(F)F)cc1.Cl. The van der Waals surface area contributed by atoms with E-state index in [2.05, 4.69) is 5.32 Å². The maximum Gasteiger partial charge on any atom is 0.240 e. The third-order valence-corrected chi connectivity index (χ3v) is 2.09. The van der Waals surface area contributed by atoms with E-state index in [1.807, 2.05) is 0 Å². The summed E-state index contributed by atoms with van der Waals surface area (Å²) in [6, 6.07) is 5.88. The van der Waals surface area contributed by atoms with Crippen molar-refractivity contribution in [3.63, 3.8) is 0 Å². The van der Waals surface area contributed by atoms with Crippen molar-refractivity contribution < 1.29 is 13.6 Å². The van der Waals surface area contributed by atoms with Gasteiger partial charge in [-0.25, -0.2) is 8.78 Å². The average molecular weight is 265 g/mol. The molecule has 0 unspecified atom stereocenters. The fourth-order valence-electron chi connectivity index (χ4n) is 1.34. The molecule has 0 aromatic heterocycles. The quantitative estimate of drug-likeness (QED) is 0.879. The second kappa shape index (κ2) is 7.19. The summed E-state index contributed by atoms with van der Waals surface area (Å²) in [4.78, 5) is 10.7. The van der Waals surface area contributed by atoms with Gasteiger partial charge in [-0.1, -0.05) is 12.1 Å². The Bertz CT molecular complexity index is 357. The molecule has 0 heterocycles. The number of nitrogens with one attached hydrogen (secondary N) is 1. The number of amides is 1. The van der Waals surface area contributed by atoms with Gasteiger partial charge in [0.1, 0.15) is 0 Å². The Labute approximate surface area is 105 Å². The van der Waals surface area contributed by atoms with E-state index < -0.39 is 12.5 Å². The van der Waals surface area contributed by atoms with Crippen LogP contribution in [0, 0.1) is 0 Å². The maximum absolute atomic E-state index is 12.1. The van der Waals surface area contributed by atoms with Crippen molar-refractivity contribution in [1.29, 1.82) is 0 Å². The van der Waals surface area contributed by atoms with Crippen molar-refractivity contribution in [3.05, 3.63) is 29.8 Å². The zero-order valence-corrected chi connectivity index (χ0v) is 10.1. The Morgan fingerprint density at radius 2 is 1.88 bits per heavy atom. The van der Waals surface area contributed by atoms with E-state index in [4.69, 9.17) is 5.73 Å². The normalized spacial score (nSPS) is 11.8. The number of alkyl halides is 2. The molecule has 0 saturated carbocycles. The number of rotatable bonds is 4. The third kappa shape index (κ3) is 5.60. The van der Waals surface area contributed by atoms with Crippen LogP contribution in [-0.2, 0) is 4.79 Å². The first-order valence-corrected chi connectivity index (χ1v) is 4.90. The molecule has 1 amide bonds. The molecule has 1 atom stereocenters. The van der Waals surface area contributed by atoms with E-state index in [0.29, 0.717) is 11.3 Å². The Kier molecular flexibility index (Phi) is 6.68. The number of benzene rings is 1. The summed E-state index contributed by atoms with van der Waals surface area (Å²) in [6.07, 6.45) is -2.77. The molecule has 3 N–H and O–H groups in total. The number of anilines is 1. The molecule has 96 valence electrons. The highest BCUT2D eigenvalue weighted by atomic mass is 35.5. The second-order valence-corrected chi connectivity index (χ2v) is 3.54. The number of nitrogens with two attached hydrogens (primary N) is 1. The molecule has 1 aromatic carbocycles. The van der Waals surface area contributed by atoms with Crippen molar-refractivity contribution in [2.24, 2.45) is 5.73 Å². The summed E-state index contributed by atoms with van der Waals surface area (Å²) in [6.45, 7) is 1.40. The van der Waals surface area contributed by atoms with Crippen LogP contribution in [0.2, 0.25) is 0 Å². The summed E-state index contributed by atoms with van der Waals surface area (Å²) < 4.78 is 24.2. The Hall–Kier alpha value is -1.20. The van der Waals surface area contributed by atoms with Crippen molar-refractivity contribution in [2.45, 2.75) is 25.8 Å². The fourth-order valence-corrected chi connectivity index (χ4v) is 1.34. The lowest BCUT2D eigenvalue weighted by Gasteiger charge is -2.12. The van der Waals surface area contributed by atoms with Gasteiger partial charge in [-0.2, -0.15) is 0 Å². The fraction of sp³-hybridized carbons (Fsp3) is 0.364. The van der Waals surface area contributed by atoms with Gasteiger partial charge in [0.25, 0.3) is 0 Å². The molecule has 0 bridgehead atoms. The van der Waals surface area contributed by atoms with Crippen LogP contribution in [-0.4, -0.2) is 12.3 Å². The van der Waals surface area contributed by atoms with Gasteiger partial charge in [-0.3, -0.25) is 4.79 Å². The topological polar surface area (TPSA) is 55.1 Å². The number of halogens is 3. The second-order valence-electron chi connectivity index (χ2n) is 3.54. The molecule has 0 radical (unpaired) electrons. The molecule has 0 aliphatic carbocycles. The highest BCUT2D eigenvalue weighted by molar-refractivity contribution is 5.88. The lowest BCUT2D eigenvalue weighted by molar-refractivity contribution is -0.114. The average Bonchev–Trinajstić information content (AvgIpc) is 2.16. The van der Waals surface area contributed by atoms with Gasteiger partial charge in [0, 0.05) is 25.1 Å². The number of carbonyl (C=O) groups excluding carboxylic acids is 1. The van der Waals surface area contributed by atoms with E-state index in [1.165, 1.54) is 6.92 Å². The van der Waals surface area contributed by atoms with Gasteiger partial charge in [0.2, 0.25) is 12.3 Å². The summed E-state index contributed by atoms with van der Waals surface area (Å²) in [5.74, 6) is -0.176. The zero-order valence-electron chi connectivity index (χ0n) is 9.32. The summed E-state index contributed by atoms with van der Waals surface area (Å²) in [5.41, 5.74) is 6.84. The van der Waals surface area contributed by atoms with Crippen LogP contribution < -0.4 is 11.1 Å². The summed E-state index contributed by atoms with van der Waals surface area (Å²) in [5, 5.41) is 2.58. The molecule has 0 saturated heterocycles. The maximum atomic E-state index is 12.1. The van der Waals surface area contributed by atoms with Crippen molar-refractivity contribution in [1.82, 2.24) is 0 Å². The molecular weight excluding hydrogens is 250 g/mol. The Morgan fingerprint density at radius 1 is 1.35 bits per heavy atom. The Morgan fingerprint density at radius 3 is 2.29 bits per heavy atom. The summed E-state index contributed by atoms with van der Waals surface area (Å²) >= 11 is 0. The molecule has 17 heavy (non-hydrogen) atoms. The van der Waals surface area contributed by atoms with Crippen molar-refractivity contribution in [3.8, 4) is 0 Å². The first-order chi connectivity index (χ1) is 7.49. The molecule has 0 spiro atoms. The van der Waals surface area contributed by atoms with E-state index in [-0.39, 0.29) is 24.7 Å². The van der Waals surface area contributed by atoms with Crippen LogP contribution in [0.1, 0.15) is 24.9 Å². The molecule has 6 heteroatoms. The number of hydrogen-bond donors (Lipinski definition) is 2. The van der Waals surface area contributed by atoms with Crippen molar-refractivity contribution in [2.75, 3.05) is 5.32 Å². The lowest BCUT2D eigenvalue weighted by atomic mass is 10.0. The predicted molar refractivity (Wildman–Crippen MR) is 65.5 cm³/mol. The molecule has 0 aliphatic rings. The predicted octanol–water partition coefficient (Wildman–Crippen LogP) is 2.72. The third-order valence-electron chi connectivity index (χ3n) is 2.09. The first-order valence-electron chi connectivity index (χ1n) is 4.90. The van der Waals surface area contributed by atoms with E-state index in [1.54, 1.807) is 24.3 Å². The van der Waals surface area contributed by atoms with Crippen LogP contribution in [0.15, 0.2) is 24.3 Å². The van der Waals surface area contributed by atoms with Crippen LogP contribution in [0.3, 0.4) is 0 Å². The number of hydrogen-bond acceptors (Lipinski definition) is 2. The summed E-state index contributed by atoms with van der Waals surface area (Å²) in [7, 11) is 0. The van der Waals surface area contributed by atoms with Crippen LogP contribution in [0.4, 0.5) is 14.5 Å². The molecule has 0 fully saturated rings. The van der Waals surface area contributed by atoms with Gasteiger partial charge in [-0.15, -0.1) is 12.4 Å². The highest BCUT2D eigenvalue weighted by Gasteiger charge is 2.12. The van der Waals surface area contributed by atoms with Gasteiger partial charge >= 0.3 is 0 Å². The van der Waals surface area contributed by atoms with Gasteiger partial charge < -0.3 is 11.1 Å². The minimum atomic E-state index is -2.41. The molecule has 3 nitrogen and oxygen atoms in total. The molecule has 1 rings (SSSR count).